The number of Topliss-reactive ketones (excluding diaryl/α,β-unsaturated/α-hetero) is 1. The van der Waals surface area contributed by atoms with E-state index in [1.807, 2.05) is 0 Å². The molecule has 88 valence electrons. The third-order valence-electron chi connectivity index (χ3n) is 1.97. The molecule has 0 amide bonds. The van der Waals surface area contributed by atoms with E-state index in [0.29, 0.717) is 3.57 Å². The largest absolute Gasteiger partial charge is 0.495 e. The van der Waals surface area contributed by atoms with Gasteiger partial charge in [0.15, 0.2) is 5.78 Å². The number of carbonyl (C=O) groups excluding carboxylic acids is 1. The molecule has 0 bridgehead atoms. The lowest BCUT2D eigenvalue weighted by molar-refractivity contribution is -0.138. The Morgan fingerprint density at radius 3 is 2.31 bits per heavy atom. The van der Waals surface area contributed by atoms with Gasteiger partial charge in [-0.2, -0.15) is 13.2 Å². The summed E-state index contributed by atoms with van der Waals surface area (Å²) in [7, 11) is 1.12. The number of methoxy groups -OCH3 is 1. The topological polar surface area (TPSA) is 26.3 Å². The Morgan fingerprint density at radius 1 is 1.38 bits per heavy atom. The number of alkyl halides is 3. The first-order valence-corrected chi connectivity index (χ1v) is 5.31. The highest BCUT2D eigenvalue weighted by Gasteiger charge is 2.36. The molecule has 0 heterocycles. The van der Waals surface area contributed by atoms with Crippen molar-refractivity contribution < 1.29 is 22.7 Å². The van der Waals surface area contributed by atoms with Gasteiger partial charge < -0.3 is 4.74 Å². The molecule has 2 nitrogen and oxygen atoms in total. The maximum absolute atomic E-state index is 12.6. The van der Waals surface area contributed by atoms with Crippen LogP contribution in [-0.2, 0) is 6.18 Å². The van der Waals surface area contributed by atoms with Crippen LogP contribution in [0, 0.1) is 3.57 Å². The number of halogens is 4. The van der Waals surface area contributed by atoms with E-state index in [0.717, 1.165) is 13.2 Å². The Hall–Kier alpha value is -0.790. The highest BCUT2D eigenvalue weighted by atomic mass is 127. The third kappa shape index (κ3) is 2.47. The van der Waals surface area contributed by atoms with Gasteiger partial charge in [-0.25, -0.2) is 0 Å². The van der Waals surface area contributed by atoms with Crippen molar-refractivity contribution in [3.8, 4) is 5.75 Å². The van der Waals surface area contributed by atoms with E-state index in [2.05, 4.69) is 0 Å². The summed E-state index contributed by atoms with van der Waals surface area (Å²) in [6, 6.07) is 2.16. The van der Waals surface area contributed by atoms with Gasteiger partial charge in [-0.05, 0) is 41.6 Å². The Bertz CT molecular complexity index is 427. The van der Waals surface area contributed by atoms with Crippen molar-refractivity contribution in [1.29, 1.82) is 0 Å². The van der Waals surface area contributed by atoms with Gasteiger partial charge in [0.1, 0.15) is 5.75 Å². The van der Waals surface area contributed by atoms with Gasteiger partial charge in [-0.3, -0.25) is 4.79 Å². The minimum Gasteiger partial charge on any atom is -0.495 e. The minimum absolute atomic E-state index is 0.0297. The SMILES string of the molecule is COc1c(C(F)(F)F)ccc(I)c1C(C)=O. The molecule has 1 aromatic carbocycles. The van der Waals surface area contributed by atoms with E-state index in [-0.39, 0.29) is 5.56 Å². The van der Waals surface area contributed by atoms with Crippen LogP contribution in [-0.4, -0.2) is 12.9 Å². The van der Waals surface area contributed by atoms with Gasteiger partial charge in [0.2, 0.25) is 0 Å². The lowest BCUT2D eigenvalue weighted by Gasteiger charge is -2.15. The molecule has 0 N–H and O–H groups in total. The molecule has 0 aliphatic heterocycles. The number of ketones is 1. The summed E-state index contributed by atoms with van der Waals surface area (Å²) in [5, 5.41) is 0. The van der Waals surface area contributed by atoms with Gasteiger partial charge in [-0.15, -0.1) is 0 Å². The molecule has 1 aromatic rings. The van der Waals surface area contributed by atoms with Crippen molar-refractivity contribution in [2.75, 3.05) is 7.11 Å². The number of benzene rings is 1. The molecular formula is C10H8F3IO2. The average molecular weight is 344 g/mol. The zero-order chi connectivity index (χ0) is 12.5. The van der Waals surface area contributed by atoms with Gasteiger partial charge in [0.05, 0.1) is 18.2 Å². The van der Waals surface area contributed by atoms with Gasteiger partial charge >= 0.3 is 6.18 Å². The van der Waals surface area contributed by atoms with Crippen molar-refractivity contribution >= 4 is 28.4 Å². The fourth-order valence-corrected chi connectivity index (χ4v) is 2.13. The van der Waals surface area contributed by atoms with E-state index in [1.54, 1.807) is 22.6 Å². The zero-order valence-corrected chi connectivity index (χ0v) is 10.6. The van der Waals surface area contributed by atoms with Crippen LogP contribution in [0.25, 0.3) is 0 Å². The van der Waals surface area contributed by atoms with Gasteiger partial charge in [0.25, 0.3) is 0 Å². The van der Waals surface area contributed by atoms with Crippen LogP contribution in [0.1, 0.15) is 22.8 Å². The van der Waals surface area contributed by atoms with Gasteiger partial charge in [0, 0.05) is 3.57 Å². The average Bonchev–Trinajstić information content (AvgIpc) is 2.14. The molecule has 16 heavy (non-hydrogen) atoms. The Morgan fingerprint density at radius 2 is 1.94 bits per heavy atom. The third-order valence-corrected chi connectivity index (χ3v) is 2.87. The molecule has 6 heteroatoms. The first-order valence-electron chi connectivity index (χ1n) is 4.23. The van der Waals surface area contributed by atoms with Crippen LogP contribution in [0.4, 0.5) is 13.2 Å². The van der Waals surface area contributed by atoms with Crippen LogP contribution < -0.4 is 4.74 Å². The van der Waals surface area contributed by atoms with Crippen LogP contribution in [0.5, 0.6) is 5.75 Å². The van der Waals surface area contributed by atoms with Crippen molar-refractivity contribution in [1.82, 2.24) is 0 Å². The molecule has 0 atom stereocenters. The Kier molecular flexibility index (Phi) is 3.82. The summed E-state index contributed by atoms with van der Waals surface area (Å²) < 4.78 is 43.0. The highest BCUT2D eigenvalue weighted by molar-refractivity contribution is 14.1. The number of rotatable bonds is 2. The smallest absolute Gasteiger partial charge is 0.419 e. The molecule has 0 saturated carbocycles. The maximum atomic E-state index is 12.6. The van der Waals surface area contributed by atoms with E-state index >= 15 is 0 Å². The number of hydrogen-bond acceptors (Lipinski definition) is 2. The van der Waals surface area contributed by atoms with E-state index in [4.69, 9.17) is 4.74 Å². The highest BCUT2D eigenvalue weighted by Crippen LogP contribution is 2.39. The van der Waals surface area contributed by atoms with Gasteiger partial charge in [-0.1, -0.05) is 0 Å². The fraction of sp³-hybridized carbons (Fsp3) is 0.300. The molecule has 0 saturated heterocycles. The quantitative estimate of drug-likeness (QED) is 0.606. The molecule has 0 aliphatic rings. The van der Waals surface area contributed by atoms with Crippen molar-refractivity contribution in [2.24, 2.45) is 0 Å². The molecule has 0 aliphatic carbocycles. The Balaban J connectivity index is 3.56. The lowest BCUT2D eigenvalue weighted by Crippen LogP contribution is -2.11. The molecule has 0 spiro atoms. The second kappa shape index (κ2) is 4.60. The van der Waals surface area contributed by atoms with Crippen LogP contribution in [0.2, 0.25) is 0 Å². The van der Waals surface area contributed by atoms with Crippen molar-refractivity contribution in [2.45, 2.75) is 13.1 Å². The van der Waals surface area contributed by atoms with Crippen LogP contribution in [0.3, 0.4) is 0 Å². The first-order chi connectivity index (χ1) is 7.29. The van der Waals surface area contributed by atoms with Crippen LogP contribution >= 0.6 is 22.6 Å². The summed E-state index contributed by atoms with van der Waals surface area (Å²) in [5.41, 5.74) is -0.960. The normalized spacial score (nSPS) is 11.4. The number of hydrogen-bond donors (Lipinski definition) is 0. The summed E-state index contributed by atoms with van der Waals surface area (Å²) >= 11 is 1.80. The molecule has 0 fully saturated rings. The molecule has 0 aromatic heterocycles. The predicted octanol–water partition coefficient (Wildman–Crippen LogP) is 3.52. The second-order valence-corrected chi connectivity index (χ2v) is 4.22. The Labute approximate surface area is 104 Å². The van der Waals surface area contributed by atoms with Crippen molar-refractivity contribution in [3.63, 3.8) is 0 Å². The zero-order valence-electron chi connectivity index (χ0n) is 8.48. The summed E-state index contributed by atoms with van der Waals surface area (Å²) in [5.74, 6) is -0.862. The number of carbonyl (C=O) groups is 1. The maximum Gasteiger partial charge on any atom is 0.419 e. The van der Waals surface area contributed by atoms with Crippen molar-refractivity contribution in [3.05, 3.63) is 26.8 Å². The molecule has 0 unspecified atom stereocenters. The first kappa shape index (κ1) is 13.3. The second-order valence-electron chi connectivity index (χ2n) is 3.06. The molecule has 1 rings (SSSR count). The lowest BCUT2D eigenvalue weighted by atomic mass is 10.1. The summed E-state index contributed by atoms with van der Waals surface area (Å²) in [6.45, 7) is 1.21. The van der Waals surface area contributed by atoms with E-state index in [9.17, 15) is 18.0 Å². The fourth-order valence-electron chi connectivity index (χ4n) is 1.32. The molecular weight excluding hydrogens is 336 g/mol. The minimum atomic E-state index is -4.53. The molecule has 0 radical (unpaired) electrons. The number of ether oxygens (including phenoxy) is 1. The van der Waals surface area contributed by atoms with Crippen LogP contribution in [0.15, 0.2) is 12.1 Å². The standard InChI is InChI=1S/C10H8F3IO2/c1-5(15)8-7(14)4-3-6(9(8)16-2)10(11,12)13/h3-4H,1-2H3. The predicted molar refractivity (Wildman–Crippen MR) is 60.7 cm³/mol. The van der Waals surface area contributed by atoms with E-state index in [1.165, 1.54) is 13.0 Å². The monoisotopic (exact) mass is 344 g/mol. The van der Waals surface area contributed by atoms with E-state index < -0.39 is 23.3 Å². The summed E-state index contributed by atoms with van der Waals surface area (Å²) in [6.07, 6.45) is -4.53. The summed E-state index contributed by atoms with van der Waals surface area (Å²) in [4.78, 5) is 11.3.